The standard InChI is InChI=1S/C7H8O3S.C6H11NO2/c1-6-2-4-7(5-3-6)11(8,9)10;1-3-4-9-6(8)5(2)7/h2-5H,1H3,(H,8,9,10);3,5H,1,4,7H2,2H3/t;5-/m.1/s1. The van der Waals surface area contributed by atoms with E-state index in [1.54, 1.807) is 19.1 Å². The number of aryl methyl sites for hydroxylation is 1. The van der Waals surface area contributed by atoms with E-state index in [2.05, 4.69) is 11.3 Å². The Morgan fingerprint density at radius 3 is 2.30 bits per heavy atom. The second-order valence-electron chi connectivity index (χ2n) is 4.00. The lowest BCUT2D eigenvalue weighted by Crippen LogP contribution is -2.28. The van der Waals surface area contributed by atoms with Crippen LogP contribution in [0, 0.1) is 6.92 Å². The highest BCUT2D eigenvalue weighted by atomic mass is 32.2. The molecule has 112 valence electrons. The van der Waals surface area contributed by atoms with Crippen LogP contribution in [0.15, 0.2) is 41.8 Å². The van der Waals surface area contributed by atoms with Gasteiger partial charge in [0.25, 0.3) is 10.1 Å². The van der Waals surface area contributed by atoms with E-state index in [0.717, 1.165) is 5.56 Å². The van der Waals surface area contributed by atoms with E-state index in [0.29, 0.717) is 0 Å². The summed E-state index contributed by atoms with van der Waals surface area (Å²) in [7, 11) is -4.02. The molecule has 1 aromatic carbocycles. The van der Waals surface area contributed by atoms with Gasteiger partial charge in [0.05, 0.1) is 4.90 Å². The van der Waals surface area contributed by atoms with Crippen LogP contribution in [-0.2, 0) is 19.6 Å². The van der Waals surface area contributed by atoms with Gasteiger partial charge < -0.3 is 10.5 Å². The van der Waals surface area contributed by atoms with Crippen molar-refractivity contribution in [3.05, 3.63) is 42.5 Å². The van der Waals surface area contributed by atoms with E-state index < -0.39 is 22.1 Å². The Bertz CT molecular complexity index is 534. The molecule has 0 saturated carbocycles. The third kappa shape index (κ3) is 7.67. The van der Waals surface area contributed by atoms with Crippen LogP contribution in [0.1, 0.15) is 12.5 Å². The molecular weight excluding hydrogens is 282 g/mol. The lowest BCUT2D eigenvalue weighted by atomic mass is 10.2. The number of nitrogens with two attached hydrogens (primary N) is 1. The summed E-state index contributed by atoms with van der Waals surface area (Å²) in [6.07, 6.45) is 1.50. The molecule has 20 heavy (non-hydrogen) atoms. The highest BCUT2D eigenvalue weighted by Gasteiger charge is 2.07. The third-order valence-corrected chi connectivity index (χ3v) is 2.90. The Balaban J connectivity index is 0.000000370. The van der Waals surface area contributed by atoms with Crippen molar-refractivity contribution >= 4 is 16.1 Å². The SMILES string of the molecule is C=CCOC(=O)[C@@H](C)N.Cc1ccc(S(=O)(=O)O)cc1. The van der Waals surface area contributed by atoms with Crippen molar-refractivity contribution < 1.29 is 22.5 Å². The quantitative estimate of drug-likeness (QED) is 0.493. The minimum atomic E-state index is -4.02. The summed E-state index contributed by atoms with van der Waals surface area (Å²) < 4.78 is 34.1. The summed E-state index contributed by atoms with van der Waals surface area (Å²) in [5.74, 6) is -0.394. The lowest BCUT2D eigenvalue weighted by Gasteiger charge is -2.02. The van der Waals surface area contributed by atoms with Gasteiger partial charge in [0, 0.05) is 0 Å². The smallest absolute Gasteiger partial charge is 0.322 e. The van der Waals surface area contributed by atoms with E-state index in [1.165, 1.54) is 18.2 Å². The maximum absolute atomic E-state index is 10.5. The van der Waals surface area contributed by atoms with Crippen molar-refractivity contribution in [2.24, 2.45) is 5.73 Å². The third-order valence-electron chi connectivity index (χ3n) is 2.03. The molecule has 0 aromatic heterocycles. The van der Waals surface area contributed by atoms with Gasteiger partial charge in [-0.2, -0.15) is 8.42 Å². The first-order valence-corrected chi connectivity index (χ1v) is 7.19. The fourth-order valence-corrected chi connectivity index (χ4v) is 1.46. The number of carbonyl (C=O) groups is 1. The zero-order valence-corrected chi connectivity index (χ0v) is 12.3. The highest BCUT2D eigenvalue weighted by molar-refractivity contribution is 7.85. The van der Waals surface area contributed by atoms with Gasteiger partial charge >= 0.3 is 5.97 Å². The summed E-state index contributed by atoms with van der Waals surface area (Å²) in [5.41, 5.74) is 6.12. The highest BCUT2D eigenvalue weighted by Crippen LogP contribution is 2.08. The van der Waals surface area contributed by atoms with Crippen LogP contribution in [0.5, 0.6) is 0 Å². The van der Waals surface area contributed by atoms with Crippen LogP contribution < -0.4 is 5.73 Å². The fourth-order valence-electron chi connectivity index (χ4n) is 0.983. The topological polar surface area (TPSA) is 107 Å². The van der Waals surface area contributed by atoms with Crippen LogP contribution in [0.4, 0.5) is 0 Å². The predicted octanol–water partition coefficient (Wildman–Crippen LogP) is 1.30. The molecular formula is C13H19NO5S. The summed E-state index contributed by atoms with van der Waals surface area (Å²) >= 11 is 0. The minimum Gasteiger partial charge on any atom is -0.460 e. The van der Waals surface area contributed by atoms with Crippen molar-refractivity contribution in [1.82, 2.24) is 0 Å². The normalized spacial score (nSPS) is 11.8. The maximum Gasteiger partial charge on any atom is 0.322 e. The molecule has 3 N–H and O–H groups in total. The summed E-state index contributed by atoms with van der Waals surface area (Å²) in [6.45, 7) is 7.03. The molecule has 0 bridgehead atoms. The Morgan fingerprint density at radius 1 is 1.45 bits per heavy atom. The van der Waals surface area contributed by atoms with Crippen LogP contribution in [0.2, 0.25) is 0 Å². The molecule has 0 aliphatic rings. The molecule has 0 amide bonds. The molecule has 1 atom stereocenters. The van der Waals surface area contributed by atoms with Crippen molar-refractivity contribution in [2.45, 2.75) is 24.8 Å². The molecule has 0 unspecified atom stereocenters. The van der Waals surface area contributed by atoms with Crippen molar-refractivity contribution in [3.63, 3.8) is 0 Å². The average molecular weight is 301 g/mol. The zero-order valence-electron chi connectivity index (χ0n) is 11.4. The second kappa shape index (κ2) is 8.47. The number of esters is 1. The zero-order chi connectivity index (χ0) is 15.8. The number of hydrogen-bond acceptors (Lipinski definition) is 5. The first-order chi connectivity index (χ1) is 9.18. The Kier molecular flexibility index (Phi) is 7.75. The number of hydrogen-bond donors (Lipinski definition) is 2. The predicted molar refractivity (Wildman–Crippen MR) is 75.8 cm³/mol. The molecule has 0 radical (unpaired) electrons. The number of benzene rings is 1. The molecule has 0 spiro atoms. The van der Waals surface area contributed by atoms with Crippen molar-refractivity contribution in [3.8, 4) is 0 Å². The van der Waals surface area contributed by atoms with Gasteiger partial charge in [-0.15, -0.1) is 0 Å². The van der Waals surface area contributed by atoms with Crippen LogP contribution in [0.25, 0.3) is 0 Å². The molecule has 7 heteroatoms. The van der Waals surface area contributed by atoms with E-state index in [-0.39, 0.29) is 11.5 Å². The van der Waals surface area contributed by atoms with Gasteiger partial charge in [0.1, 0.15) is 12.6 Å². The number of ether oxygens (including phenoxy) is 1. The van der Waals surface area contributed by atoms with Crippen molar-refractivity contribution in [2.75, 3.05) is 6.61 Å². The minimum absolute atomic E-state index is 0.0666. The molecule has 1 aromatic rings. The molecule has 0 aliphatic heterocycles. The summed E-state index contributed by atoms with van der Waals surface area (Å²) in [4.78, 5) is 10.4. The van der Waals surface area contributed by atoms with E-state index in [4.69, 9.17) is 10.3 Å². The Labute approximate surface area is 119 Å². The van der Waals surface area contributed by atoms with Crippen LogP contribution in [0.3, 0.4) is 0 Å². The molecule has 0 fully saturated rings. The lowest BCUT2D eigenvalue weighted by molar-refractivity contribution is -0.143. The molecule has 0 heterocycles. The fraction of sp³-hybridized carbons (Fsp3) is 0.308. The molecule has 0 aliphatic carbocycles. The molecule has 1 rings (SSSR count). The largest absolute Gasteiger partial charge is 0.460 e. The average Bonchev–Trinajstić information content (AvgIpc) is 2.36. The number of carbonyl (C=O) groups excluding carboxylic acids is 1. The van der Waals surface area contributed by atoms with E-state index in [9.17, 15) is 13.2 Å². The van der Waals surface area contributed by atoms with Gasteiger partial charge in [-0.1, -0.05) is 30.4 Å². The van der Waals surface area contributed by atoms with Gasteiger partial charge in [-0.3, -0.25) is 9.35 Å². The molecule has 0 saturated heterocycles. The monoisotopic (exact) mass is 301 g/mol. The van der Waals surface area contributed by atoms with E-state index in [1.807, 2.05) is 6.92 Å². The van der Waals surface area contributed by atoms with Gasteiger partial charge in [-0.05, 0) is 26.0 Å². The first kappa shape index (κ1) is 18.3. The summed E-state index contributed by atoms with van der Waals surface area (Å²) in [5, 5.41) is 0. The van der Waals surface area contributed by atoms with Gasteiger partial charge in [0.15, 0.2) is 0 Å². The maximum atomic E-state index is 10.5. The Morgan fingerprint density at radius 2 is 1.95 bits per heavy atom. The summed E-state index contributed by atoms with van der Waals surface area (Å²) in [6, 6.07) is 5.45. The van der Waals surface area contributed by atoms with Gasteiger partial charge in [-0.25, -0.2) is 0 Å². The number of rotatable bonds is 4. The first-order valence-electron chi connectivity index (χ1n) is 5.75. The molecule has 6 nitrogen and oxygen atoms in total. The Hall–Kier alpha value is -1.70. The van der Waals surface area contributed by atoms with Crippen LogP contribution >= 0.6 is 0 Å². The van der Waals surface area contributed by atoms with Crippen LogP contribution in [-0.4, -0.2) is 31.6 Å². The van der Waals surface area contributed by atoms with E-state index >= 15 is 0 Å². The second-order valence-corrected chi connectivity index (χ2v) is 5.42. The van der Waals surface area contributed by atoms with Crippen molar-refractivity contribution in [1.29, 1.82) is 0 Å². The van der Waals surface area contributed by atoms with Gasteiger partial charge in [0.2, 0.25) is 0 Å².